The van der Waals surface area contributed by atoms with Gasteiger partial charge in [-0.15, -0.1) is 0 Å². The van der Waals surface area contributed by atoms with Crippen molar-refractivity contribution >= 4 is 5.57 Å². The van der Waals surface area contributed by atoms with Gasteiger partial charge in [0.15, 0.2) is 0 Å². The molecule has 1 aromatic rings. The Bertz CT molecular complexity index is 915. The van der Waals surface area contributed by atoms with Gasteiger partial charge in [0.05, 0.1) is 6.61 Å². The highest BCUT2D eigenvalue weighted by atomic mass is 16.5. The standard InChI is InChI=1S/C26H35N3O.H2/c1-20(21-9-14-29(15-10-21)16-17-30-4)27-24-8-12-26(2)11-7-22(18-23(26)19-24)25-6-5-13-28(25)3;/h5-8,12-13,18-19,21,27H,1,9-11,14-17H2,2-4H3;1H. The third-order valence-corrected chi connectivity index (χ3v) is 6.89. The van der Waals surface area contributed by atoms with E-state index in [1.807, 2.05) is 0 Å². The summed E-state index contributed by atoms with van der Waals surface area (Å²) in [7, 11) is 3.88. The van der Waals surface area contributed by atoms with Crippen LogP contribution in [0.1, 0.15) is 33.3 Å². The van der Waals surface area contributed by atoms with Crippen molar-refractivity contribution in [2.75, 3.05) is 33.4 Å². The van der Waals surface area contributed by atoms with Crippen LogP contribution in [-0.4, -0.2) is 42.8 Å². The van der Waals surface area contributed by atoms with E-state index in [9.17, 15) is 0 Å². The van der Waals surface area contributed by atoms with E-state index in [-0.39, 0.29) is 6.84 Å². The average Bonchev–Trinajstić information content (AvgIpc) is 3.18. The number of fused-ring (bicyclic) bond motifs is 1. The lowest BCUT2D eigenvalue weighted by molar-refractivity contribution is 0.125. The average molecular weight is 408 g/mol. The highest BCUT2D eigenvalue weighted by Gasteiger charge is 2.30. The summed E-state index contributed by atoms with van der Waals surface area (Å²) in [6.07, 6.45) is 17.1. The van der Waals surface area contributed by atoms with Gasteiger partial charge in [0, 0.05) is 56.7 Å². The molecule has 0 saturated carbocycles. The number of hydrogen-bond acceptors (Lipinski definition) is 3. The number of hydrogen-bond donors (Lipinski definition) is 1. The second-order valence-electron chi connectivity index (χ2n) is 9.08. The van der Waals surface area contributed by atoms with Crippen LogP contribution in [0.2, 0.25) is 0 Å². The minimum Gasteiger partial charge on any atom is -0.383 e. The van der Waals surface area contributed by atoms with Crippen LogP contribution in [-0.2, 0) is 11.8 Å². The van der Waals surface area contributed by atoms with Gasteiger partial charge in [0.1, 0.15) is 0 Å². The summed E-state index contributed by atoms with van der Waals surface area (Å²) in [6, 6.07) is 4.30. The van der Waals surface area contributed by atoms with Gasteiger partial charge in [-0.25, -0.2) is 0 Å². The van der Waals surface area contributed by atoms with Crippen LogP contribution in [0, 0.1) is 11.3 Å². The predicted octanol–water partition coefficient (Wildman–Crippen LogP) is 4.91. The van der Waals surface area contributed by atoms with E-state index in [4.69, 9.17) is 4.74 Å². The van der Waals surface area contributed by atoms with E-state index < -0.39 is 0 Å². The number of allylic oxidation sites excluding steroid dienone is 8. The largest absolute Gasteiger partial charge is 0.383 e. The Hall–Kier alpha value is -2.30. The summed E-state index contributed by atoms with van der Waals surface area (Å²) in [5.74, 6) is 0.533. The van der Waals surface area contributed by atoms with Crippen molar-refractivity contribution in [2.45, 2.75) is 26.2 Å². The van der Waals surface area contributed by atoms with Crippen LogP contribution in [0.25, 0.3) is 5.57 Å². The summed E-state index contributed by atoms with van der Waals surface area (Å²) in [4.78, 5) is 2.49. The van der Waals surface area contributed by atoms with Crippen LogP contribution in [0.3, 0.4) is 0 Å². The number of rotatable bonds is 7. The minimum atomic E-state index is 0. The summed E-state index contributed by atoms with van der Waals surface area (Å²) < 4.78 is 7.40. The molecular formula is C26H37N3O. The molecule has 2 heterocycles. The smallest absolute Gasteiger partial charge is 0.0589 e. The molecule has 4 nitrogen and oxygen atoms in total. The van der Waals surface area contributed by atoms with Crippen LogP contribution >= 0.6 is 0 Å². The molecule has 3 aliphatic rings. The number of piperidine rings is 1. The lowest BCUT2D eigenvalue weighted by Gasteiger charge is -2.35. The zero-order valence-corrected chi connectivity index (χ0v) is 18.7. The molecule has 0 bridgehead atoms. The maximum Gasteiger partial charge on any atom is 0.0589 e. The van der Waals surface area contributed by atoms with Crippen molar-refractivity contribution in [3.05, 3.63) is 77.9 Å². The monoisotopic (exact) mass is 407 g/mol. The molecule has 2 aliphatic carbocycles. The molecule has 30 heavy (non-hydrogen) atoms. The molecule has 0 amide bonds. The number of likely N-dealkylation sites (tertiary alicyclic amines) is 1. The van der Waals surface area contributed by atoms with E-state index in [0.29, 0.717) is 5.92 Å². The third kappa shape index (κ3) is 4.40. The Balaban J connectivity index is 0.00000272. The fourth-order valence-electron chi connectivity index (χ4n) is 4.72. The van der Waals surface area contributed by atoms with Crippen LogP contribution in [0.4, 0.5) is 0 Å². The van der Waals surface area contributed by atoms with Crippen molar-refractivity contribution < 1.29 is 6.16 Å². The van der Waals surface area contributed by atoms with E-state index in [1.54, 1.807) is 7.11 Å². The van der Waals surface area contributed by atoms with Gasteiger partial charge in [0.2, 0.25) is 0 Å². The zero-order valence-electron chi connectivity index (χ0n) is 18.7. The maximum atomic E-state index is 5.21. The number of methoxy groups -OCH3 is 1. The van der Waals surface area contributed by atoms with Gasteiger partial charge in [-0.3, -0.25) is 0 Å². The summed E-state index contributed by atoms with van der Waals surface area (Å²) in [5.41, 5.74) is 6.32. The molecule has 1 fully saturated rings. The van der Waals surface area contributed by atoms with Crippen LogP contribution in [0.15, 0.2) is 72.3 Å². The zero-order chi connectivity index (χ0) is 21.1. The van der Waals surface area contributed by atoms with E-state index in [2.05, 4.69) is 84.0 Å². The first-order valence-corrected chi connectivity index (χ1v) is 11.1. The van der Waals surface area contributed by atoms with Crippen molar-refractivity contribution in [2.24, 2.45) is 18.4 Å². The number of ether oxygens (including phenoxy) is 1. The number of aryl methyl sites for hydroxylation is 1. The molecule has 162 valence electrons. The van der Waals surface area contributed by atoms with Gasteiger partial charge in [0.25, 0.3) is 0 Å². The molecular weight excluding hydrogens is 370 g/mol. The fraction of sp³-hybridized carbons (Fsp3) is 0.462. The van der Waals surface area contributed by atoms with Gasteiger partial charge in [-0.2, -0.15) is 0 Å². The molecule has 1 atom stereocenters. The first-order chi connectivity index (χ1) is 14.5. The van der Waals surface area contributed by atoms with Gasteiger partial charge >= 0.3 is 0 Å². The molecule has 1 N–H and O–H groups in total. The topological polar surface area (TPSA) is 29.4 Å². The molecule has 0 radical (unpaired) electrons. The normalized spacial score (nSPS) is 24.7. The Labute approximate surface area is 182 Å². The van der Waals surface area contributed by atoms with E-state index in [1.165, 1.54) is 16.8 Å². The molecule has 1 unspecified atom stereocenters. The first kappa shape index (κ1) is 21.0. The third-order valence-electron chi connectivity index (χ3n) is 6.89. The summed E-state index contributed by atoms with van der Waals surface area (Å²) in [5, 5.41) is 3.63. The Kier molecular flexibility index (Phi) is 6.16. The van der Waals surface area contributed by atoms with Crippen molar-refractivity contribution in [1.29, 1.82) is 0 Å². The number of nitrogens with zero attached hydrogens (tertiary/aromatic N) is 2. The lowest BCUT2D eigenvalue weighted by atomic mass is 9.72. The highest BCUT2D eigenvalue weighted by Crippen LogP contribution is 2.43. The second-order valence-corrected chi connectivity index (χ2v) is 9.08. The Morgan fingerprint density at radius 1 is 1.33 bits per heavy atom. The fourth-order valence-corrected chi connectivity index (χ4v) is 4.72. The molecule has 0 aromatic carbocycles. The molecule has 4 heteroatoms. The second kappa shape index (κ2) is 8.83. The number of nitrogens with one attached hydrogen (secondary N) is 1. The summed E-state index contributed by atoms with van der Waals surface area (Å²) >= 11 is 0. The van der Waals surface area contributed by atoms with Crippen LogP contribution in [0.5, 0.6) is 0 Å². The molecule has 1 aliphatic heterocycles. The van der Waals surface area contributed by atoms with Crippen molar-refractivity contribution in [1.82, 2.24) is 14.8 Å². The highest BCUT2D eigenvalue weighted by molar-refractivity contribution is 5.76. The van der Waals surface area contributed by atoms with Gasteiger partial charge in [-0.1, -0.05) is 25.7 Å². The van der Waals surface area contributed by atoms with Gasteiger partial charge < -0.3 is 19.5 Å². The first-order valence-electron chi connectivity index (χ1n) is 11.1. The number of aromatic nitrogens is 1. The lowest BCUT2D eigenvalue weighted by Crippen LogP contribution is -2.37. The Morgan fingerprint density at radius 3 is 2.83 bits per heavy atom. The molecule has 1 saturated heterocycles. The van der Waals surface area contributed by atoms with E-state index in [0.717, 1.165) is 56.9 Å². The molecule has 4 rings (SSSR count). The van der Waals surface area contributed by atoms with Gasteiger partial charge in [-0.05, 0) is 73.9 Å². The Morgan fingerprint density at radius 2 is 2.13 bits per heavy atom. The van der Waals surface area contributed by atoms with Crippen LogP contribution < -0.4 is 5.32 Å². The minimum absolute atomic E-state index is 0. The molecule has 1 aromatic heterocycles. The summed E-state index contributed by atoms with van der Waals surface area (Å²) in [6.45, 7) is 10.8. The van der Waals surface area contributed by atoms with Crippen molar-refractivity contribution in [3.63, 3.8) is 0 Å². The predicted molar refractivity (Wildman–Crippen MR) is 127 cm³/mol. The maximum absolute atomic E-state index is 5.21. The quantitative estimate of drug-likeness (QED) is 0.697. The van der Waals surface area contributed by atoms with Crippen molar-refractivity contribution in [3.8, 4) is 0 Å². The molecule has 0 spiro atoms. The van der Waals surface area contributed by atoms with E-state index >= 15 is 0 Å². The SMILES string of the molecule is C=C(NC1=CC2=CC(c3cccn3C)=CCC2(C)C=C1)C1CCN(CCOC)CC1.[HH].